The molecule has 0 fully saturated rings. The van der Waals surface area contributed by atoms with Crippen LogP contribution in [0.2, 0.25) is 0 Å². The van der Waals surface area contributed by atoms with Crippen LogP contribution in [0.5, 0.6) is 0 Å². The molecule has 1 amide bonds. The summed E-state index contributed by atoms with van der Waals surface area (Å²) in [6.45, 7) is 1.90. The summed E-state index contributed by atoms with van der Waals surface area (Å²) < 4.78 is 4.10. The lowest BCUT2D eigenvalue weighted by molar-refractivity contribution is -0.115. The van der Waals surface area contributed by atoms with Gasteiger partial charge in [-0.3, -0.25) is 4.79 Å². The van der Waals surface area contributed by atoms with Gasteiger partial charge in [0.1, 0.15) is 0 Å². The molecule has 0 spiro atoms. The number of nitrogens with one attached hydrogen (secondary N) is 1. The molecule has 3 nitrogen and oxygen atoms in total. The normalized spacial score (nSPS) is 15.1. The molecule has 0 unspecified atom stereocenters. The molecule has 10 heavy (non-hydrogen) atoms. The van der Waals surface area contributed by atoms with E-state index in [0.29, 0.717) is 6.42 Å². The van der Waals surface area contributed by atoms with E-state index >= 15 is 0 Å². The minimum Gasteiger partial charge on any atom is -0.323 e. The van der Waals surface area contributed by atoms with Crippen molar-refractivity contribution in [2.24, 2.45) is 0 Å². The molecule has 0 saturated carbocycles. The third-order valence-electron chi connectivity index (χ3n) is 1.52. The highest BCUT2D eigenvalue weighted by Gasteiger charge is 2.21. The Morgan fingerprint density at radius 2 is 2.50 bits per heavy atom. The van der Waals surface area contributed by atoms with Crippen LogP contribution >= 0.6 is 11.5 Å². The third-order valence-corrected chi connectivity index (χ3v) is 2.45. The number of hydrogen-bond acceptors (Lipinski definition) is 3. The van der Waals surface area contributed by atoms with E-state index < -0.39 is 0 Å². The topological polar surface area (TPSA) is 42.0 Å². The Bertz CT molecular complexity index is 292. The molecule has 1 N–H and O–H groups in total. The second kappa shape index (κ2) is 1.79. The van der Waals surface area contributed by atoms with Gasteiger partial charge in [0.25, 0.3) is 0 Å². The number of anilines is 1. The zero-order valence-electron chi connectivity index (χ0n) is 5.47. The Morgan fingerprint density at radius 3 is 3.20 bits per heavy atom. The number of fused-ring (bicyclic) bond motifs is 1. The lowest BCUT2D eigenvalue weighted by Gasteiger charge is -1.90. The number of rotatable bonds is 0. The predicted octanol–water partition coefficient (Wildman–Crippen LogP) is 0.946. The first-order chi connectivity index (χ1) is 4.77. The van der Waals surface area contributed by atoms with Crippen molar-refractivity contribution in [3.05, 3.63) is 10.6 Å². The summed E-state index contributed by atoms with van der Waals surface area (Å²) in [7, 11) is 0. The first-order valence-corrected chi connectivity index (χ1v) is 3.79. The summed E-state index contributed by atoms with van der Waals surface area (Å²) in [4.78, 5) is 11.9. The summed E-state index contributed by atoms with van der Waals surface area (Å²) in [5, 5.41) is 2.75. The van der Waals surface area contributed by atoms with Crippen LogP contribution in [0.15, 0.2) is 0 Å². The minimum absolute atomic E-state index is 0.0896. The summed E-state index contributed by atoms with van der Waals surface area (Å²) in [6, 6.07) is 0. The van der Waals surface area contributed by atoms with Gasteiger partial charge in [-0.2, -0.15) is 4.37 Å². The largest absolute Gasteiger partial charge is 0.323 e. The van der Waals surface area contributed by atoms with E-state index in [1.807, 2.05) is 6.92 Å². The summed E-state index contributed by atoms with van der Waals surface area (Å²) in [5.74, 6) is 0.0896. The highest BCUT2D eigenvalue weighted by Crippen LogP contribution is 2.29. The van der Waals surface area contributed by atoms with Crippen LogP contribution in [-0.2, 0) is 11.2 Å². The van der Waals surface area contributed by atoms with Crippen molar-refractivity contribution >= 4 is 23.1 Å². The van der Waals surface area contributed by atoms with Gasteiger partial charge < -0.3 is 5.32 Å². The first kappa shape index (κ1) is 5.85. The molecule has 0 aromatic carbocycles. The van der Waals surface area contributed by atoms with Crippen LogP contribution in [0.3, 0.4) is 0 Å². The smallest absolute Gasteiger partial charge is 0.229 e. The Kier molecular flexibility index (Phi) is 1.05. The number of carbonyl (C=O) groups is 1. The number of aromatic nitrogens is 1. The molecule has 4 heteroatoms. The fraction of sp³-hybridized carbons (Fsp3) is 0.333. The Labute approximate surface area is 62.2 Å². The molecule has 0 radical (unpaired) electrons. The average molecular weight is 154 g/mol. The number of nitrogens with zero attached hydrogens (tertiary/aromatic N) is 1. The second-order valence-electron chi connectivity index (χ2n) is 2.29. The molecular formula is C6H6N2OS. The average Bonchev–Trinajstić information content (AvgIpc) is 2.35. The van der Waals surface area contributed by atoms with Gasteiger partial charge in [-0.1, -0.05) is 0 Å². The van der Waals surface area contributed by atoms with Gasteiger partial charge in [0.15, 0.2) is 0 Å². The predicted molar refractivity (Wildman–Crippen MR) is 39.2 cm³/mol. The molecule has 1 aliphatic rings. The summed E-state index contributed by atoms with van der Waals surface area (Å²) >= 11 is 1.41. The van der Waals surface area contributed by atoms with Crippen LogP contribution < -0.4 is 5.32 Å². The van der Waals surface area contributed by atoms with Gasteiger partial charge in [0.05, 0.1) is 22.7 Å². The molecule has 2 heterocycles. The van der Waals surface area contributed by atoms with Crippen molar-refractivity contribution in [2.45, 2.75) is 13.3 Å². The van der Waals surface area contributed by atoms with E-state index in [4.69, 9.17) is 0 Å². The molecule has 1 aliphatic heterocycles. The van der Waals surface area contributed by atoms with Gasteiger partial charge in [-0.05, 0) is 18.5 Å². The second-order valence-corrected chi connectivity index (χ2v) is 3.15. The van der Waals surface area contributed by atoms with Gasteiger partial charge in [-0.25, -0.2) is 0 Å². The van der Waals surface area contributed by atoms with E-state index in [1.165, 1.54) is 11.5 Å². The van der Waals surface area contributed by atoms with Crippen molar-refractivity contribution in [3.63, 3.8) is 0 Å². The fourth-order valence-electron chi connectivity index (χ4n) is 1.03. The molecule has 0 saturated heterocycles. The van der Waals surface area contributed by atoms with E-state index in [-0.39, 0.29) is 5.91 Å². The number of carbonyl (C=O) groups excluding carboxylic acids is 1. The maximum atomic E-state index is 10.8. The molecule has 52 valence electrons. The Hall–Kier alpha value is -0.900. The molecule has 1 aromatic heterocycles. The van der Waals surface area contributed by atoms with Crippen molar-refractivity contribution in [1.82, 2.24) is 4.37 Å². The Morgan fingerprint density at radius 1 is 1.70 bits per heavy atom. The van der Waals surface area contributed by atoms with E-state index in [2.05, 4.69) is 9.69 Å². The SMILES string of the molecule is Cc1nsc2c1NC(=O)C2. The van der Waals surface area contributed by atoms with Crippen LogP contribution in [-0.4, -0.2) is 10.3 Å². The minimum atomic E-state index is 0.0896. The van der Waals surface area contributed by atoms with Crippen molar-refractivity contribution < 1.29 is 4.79 Å². The number of amides is 1. The first-order valence-electron chi connectivity index (χ1n) is 3.02. The van der Waals surface area contributed by atoms with Gasteiger partial charge in [0, 0.05) is 0 Å². The van der Waals surface area contributed by atoms with E-state index in [9.17, 15) is 4.79 Å². The summed E-state index contributed by atoms with van der Waals surface area (Å²) in [6.07, 6.45) is 0.515. The molecule has 0 aliphatic carbocycles. The summed E-state index contributed by atoms with van der Waals surface area (Å²) in [5.41, 5.74) is 1.88. The highest BCUT2D eigenvalue weighted by molar-refractivity contribution is 7.06. The lowest BCUT2D eigenvalue weighted by atomic mass is 10.3. The van der Waals surface area contributed by atoms with Crippen molar-refractivity contribution in [2.75, 3.05) is 5.32 Å². The Balaban J connectivity index is 2.53. The van der Waals surface area contributed by atoms with E-state index in [1.54, 1.807) is 0 Å². The molecule has 2 rings (SSSR count). The monoisotopic (exact) mass is 154 g/mol. The van der Waals surface area contributed by atoms with Crippen LogP contribution in [0.25, 0.3) is 0 Å². The lowest BCUT2D eigenvalue weighted by Crippen LogP contribution is -2.04. The van der Waals surface area contributed by atoms with Gasteiger partial charge >= 0.3 is 0 Å². The fourth-order valence-corrected chi connectivity index (χ4v) is 1.85. The number of aryl methyl sites for hydroxylation is 1. The molecule has 1 aromatic rings. The van der Waals surface area contributed by atoms with Crippen LogP contribution in [0.1, 0.15) is 10.6 Å². The molecule has 0 bridgehead atoms. The zero-order valence-corrected chi connectivity index (χ0v) is 6.29. The van der Waals surface area contributed by atoms with Crippen LogP contribution in [0, 0.1) is 6.92 Å². The van der Waals surface area contributed by atoms with Gasteiger partial charge in [0.2, 0.25) is 5.91 Å². The van der Waals surface area contributed by atoms with Crippen LogP contribution in [0.4, 0.5) is 5.69 Å². The third kappa shape index (κ3) is 0.654. The van der Waals surface area contributed by atoms with Gasteiger partial charge in [-0.15, -0.1) is 0 Å². The van der Waals surface area contributed by atoms with Crippen molar-refractivity contribution in [3.8, 4) is 0 Å². The zero-order chi connectivity index (χ0) is 7.14. The maximum absolute atomic E-state index is 10.8. The quantitative estimate of drug-likeness (QED) is 0.604. The standard InChI is InChI=1S/C6H6N2OS/c1-3-6-4(10-8-3)2-5(9)7-6/h2H2,1H3,(H,7,9). The highest BCUT2D eigenvalue weighted by atomic mass is 32.1. The van der Waals surface area contributed by atoms with Crippen molar-refractivity contribution in [1.29, 1.82) is 0 Å². The van der Waals surface area contributed by atoms with E-state index in [0.717, 1.165) is 16.3 Å². The number of hydrogen-bond donors (Lipinski definition) is 1. The maximum Gasteiger partial charge on any atom is 0.229 e. The molecular weight excluding hydrogens is 148 g/mol. The molecule has 0 atom stereocenters.